The highest BCUT2D eigenvalue weighted by atomic mass is 32.1. The Hall–Kier alpha value is -3.44. The summed E-state index contributed by atoms with van der Waals surface area (Å²) in [5.74, 6) is 1.01. The van der Waals surface area contributed by atoms with Crippen LogP contribution in [0.3, 0.4) is 0 Å². The largest absolute Gasteiger partial charge is 0.493 e. The zero-order valence-corrected chi connectivity index (χ0v) is 21.6. The number of nitrogens with one attached hydrogen (secondary N) is 1. The fourth-order valence-corrected chi connectivity index (χ4v) is 4.47. The summed E-state index contributed by atoms with van der Waals surface area (Å²) in [5, 5.41) is 7.94. The second kappa shape index (κ2) is 12.3. The molecule has 0 radical (unpaired) electrons. The third-order valence-corrected chi connectivity index (χ3v) is 6.43. The van der Waals surface area contributed by atoms with Crippen molar-refractivity contribution >= 4 is 39.1 Å². The number of aromatic nitrogens is 2. The van der Waals surface area contributed by atoms with Crippen molar-refractivity contribution < 1.29 is 19.1 Å². The molecule has 1 aromatic carbocycles. The molecule has 2 aromatic heterocycles. The Labute approximate surface area is 209 Å². The molecule has 0 spiro atoms. The van der Waals surface area contributed by atoms with E-state index in [2.05, 4.69) is 39.2 Å². The Balaban J connectivity index is 2.11. The van der Waals surface area contributed by atoms with E-state index in [0.717, 1.165) is 19.6 Å². The van der Waals surface area contributed by atoms with Crippen LogP contribution >= 0.6 is 11.3 Å². The van der Waals surface area contributed by atoms with E-state index in [1.54, 1.807) is 32.4 Å². The molecule has 10 nitrogen and oxygen atoms in total. The van der Waals surface area contributed by atoms with Crippen LogP contribution in [-0.2, 0) is 4.84 Å². The molecule has 0 fully saturated rings. The van der Waals surface area contributed by atoms with Crippen LogP contribution in [-0.4, -0.2) is 73.5 Å². The van der Waals surface area contributed by atoms with Gasteiger partial charge < -0.3 is 30.3 Å². The van der Waals surface area contributed by atoms with Gasteiger partial charge in [0.2, 0.25) is 5.95 Å². The number of nitrogens with two attached hydrogens (primary N) is 1. The minimum atomic E-state index is -0.180. The number of amides is 1. The van der Waals surface area contributed by atoms with E-state index >= 15 is 0 Å². The second-order valence-electron chi connectivity index (χ2n) is 7.49. The Morgan fingerprint density at radius 3 is 2.51 bits per heavy atom. The summed E-state index contributed by atoms with van der Waals surface area (Å²) in [5.41, 5.74) is 7.66. The van der Waals surface area contributed by atoms with Crippen molar-refractivity contribution in [2.24, 2.45) is 5.16 Å². The molecule has 0 atom stereocenters. The Morgan fingerprint density at radius 1 is 1.11 bits per heavy atom. The fraction of sp³-hybridized carbons (Fsp3) is 0.417. The van der Waals surface area contributed by atoms with Crippen molar-refractivity contribution in [3.63, 3.8) is 0 Å². The van der Waals surface area contributed by atoms with E-state index in [4.69, 9.17) is 20.0 Å². The SMILES string of the molecule is CCNC(=O)c1cc2c(/C(=N\OCCN(CC)CC)c3ccc(OC)c(OC)c3)nc(N)nc2s1. The first-order valence-electron chi connectivity index (χ1n) is 11.5. The summed E-state index contributed by atoms with van der Waals surface area (Å²) in [7, 11) is 3.14. The van der Waals surface area contributed by atoms with Crippen LogP contribution in [0.4, 0.5) is 5.95 Å². The number of hydrogen-bond donors (Lipinski definition) is 2. The minimum absolute atomic E-state index is 0.0770. The number of rotatable bonds is 12. The quantitative estimate of drug-likeness (QED) is 0.221. The lowest BCUT2D eigenvalue weighted by molar-refractivity contribution is 0.0960. The molecule has 3 aromatic rings. The molecule has 0 bridgehead atoms. The molecule has 3 N–H and O–H groups in total. The van der Waals surface area contributed by atoms with Crippen LogP contribution in [0.25, 0.3) is 10.2 Å². The van der Waals surface area contributed by atoms with Gasteiger partial charge in [0.1, 0.15) is 22.8 Å². The smallest absolute Gasteiger partial charge is 0.261 e. The van der Waals surface area contributed by atoms with Gasteiger partial charge in [0.25, 0.3) is 5.91 Å². The summed E-state index contributed by atoms with van der Waals surface area (Å²) >= 11 is 1.25. The van der Waals surface area contributed by atoms with Crippen LogP contribution < -0.4 is 20.5 Å². The van der Waals surface area contributed by atoms with Crippen LogP contribution in [0.2, 0.25) is 0 Å². The van der Waals surface area contributed by atoms with E-state index in [0.29, 0.717) is 56.7 Å². The molecule has 0 aliphatic carbocycles. The zero-order valence-electron chi connectivity index (χ0n) is 20.8. The number of anilines is 1. The molecule has 188 valence electrons. The summed E-state index contributed by atoms with van der Waals surface area (Å²) in [6.07, 6.45) is 0. The maximum Gasteiger partial charge on any atom is 0.261 e. The maximum absolute atomic E-state index is 12.5. The third-order valence-electron chi connectivity index (χ3n) is 5.40. The normalized spacial score (nSPS) is 11.7. The van der Waals surface area contributed by atoms with E-state index < -0.39 is 0 Å². The van der Waals surface area contributed by atoms with Crippen LogP contribution in [0.5, 0.6) is 11.5 Å². The zero-order chi connectivity index (χ0) is 25.4. The number of hydrogen-bond acceptors (Lipinski definition) is 10. The van der Waals surface area contributed by atoms with Crippen molar-refractivity contribution in [2.75, 3.05) is 52.7 Å². The van der Waals surface area contributed by atoms with Gasteiger partial charge in [0.15, 0.2) is 11.5 Å². The molecular formula is C24H32N6O4S. The lowest BCUT2D eigenvalue weighted by Crippen LogP contribution is -2.26. The molecule has 2 heterocycles. The van der Waals surface area contributed by atoms with Gasteiger partial charge >= 0.3 is 0 Å². The van der Waals surface area contributed by atoms with E-state index in [-0.39, 0.29) is 11.9 Å². The molecule has 0 unspecified atom stereocenters. The number of nitrogen functional groups attached to an aromatic ring is 1. The van der Waals surface area contributed by atoms with Crippen molar-refractivity contribution in [1.82, 2.24) is 20.2 Å². The lowest BCUT2D eigenvalue weighted by atomic mass is 10.0. The van der Waals surface area contributed by atoms with Crippen LogP contribution in [0.15, 0.2) is 29.4 Å². The first kappa shape index (κ1) is 26.2. The summed E-state index contributed by atoms with van der Waals surface area (Å²) in [6.45, 7) is 9.57. The number of fused-ring (bicyclic) bond motifs is 1. The van der Waals surface area contributed by atoms with Gasteiger partial charge in [-0.1, -0.05) is 19.0 Å². The summed E-state index contributed by atoms with van der Waals surface area (Å²) < 4.78 is 10.9. The van der Waals surface area contributed by atoms with Gasteiger partial charge in [-0.2, -0.15) is 0 Å². The van der Waals surface area contributed by atoms with E-state index in [1.807, 2.05) is 13.0 Å². The van der Waals surface area contributed by atoms with Crippen molar-refractivity contribution in [3.05, 3.63) is 40.4 Å². The van der Waals surface area contributed by atoms with Crippen LogP contribution in [0, 0.1) is 0 Å². The standard InChI is InChI=1S/C24H32N6O4S/c1-6-26-22(31)19-14-16-21(27-24(25)28-23(16)35-19)20(29-34-12-11-30(7-2)8-3)15-9-10-17(32-4)18(13-15)33-5/h9-10,13-14H,6-8,11-12H2,1-5H3,(H,26,31)(H2,25,27,28)/b29-20-. The predicted octanol–water partition coefficient (Wildman–Crippen LogP) is 3.15. The second-order valence-corrected chi connectivity index (χ2v) is 8.52. The van der Waals surface area contributed by atoms with Crippen molar-refractivity contribution in [1.29, 1.82) is 0 Å². The van der Waals surface area contributed by atoms with E-state index in [1.165, 1.54) is 11.3 Å². The topological polar surface area (TPSA) is 124 Å². The van der Waals surface area contributed by atoms with E-state index in [9.17, 15) is 4.79 Å². The Bertz CT molecular complexity index is 1190. The molecule has 0 saturated heterocycles. The van der Waals surface area contributed by atoms with Gasteiger partial charge in [0.05, 0.1) is 19.1 Å². The molecule has 0 aliphatic rings. The summed E-state index contributed by atoms with van der Waals surface area (Å²) in [6, 6.07) is 7.18. The summed E-state index contributed by atoms with van der Waals surface area (Å²) in [4.78, 5) is 30.4. The highest BCUT2D eigenvalue weighted by molar-refractivity contribution is 7.20. The molecule has 3 rings (SSSR count). The monoisotopic (exact) mass is 500 g/mol. The highest BCUT2D eigenvalue weighted by Crippen LogP contribution is 2.32. The lowest BCUT2D eigenvalue weighted by Gasteiger charge is -2.17. The molecule has 0 aliphatic heterocycles. The number of oxime groups is 1. The molecule has 11 heteroatoms. The highest BCUT2D eigenvalue weighted by Gasteiger charge is 2.21. The average molecular weight is 501 g/mol. The average Bonchev–Trinajstić information content (AvgIpc) is 3.30. The number of ether oxygens (including phenoxy) is 2. The van der Waals surface area contributed by atoms with Crippen molar-refractivity contribution in [3.8, 4) is 11.5 Å². The van der Waals surface area contributed by atoms with Crippen LogP contribution in [0.1, 0.15) is 41.7 Å². The first-order chi connectivity index (χ1) is 16.9. The number of carbonyl (C=O) groups excluding carboxylic acids is 1. The van der Waals surface area contributed by atoms with Gasteiger partial charge in [0, 0.05) is 24.0 Å². The Morgan fingerprint density at radius 2 is 1.86 bits per heavy atom. The van der Waals surface area contributed by atoms with Gasteiger partial charge in [-0.05, 0) is 44.3 Å². The van der Waals surface area contributed by atoms with Crippen molar-refractivity contribution in [2.45, 2.75) is 20.8 Å². The maximum atomic E-state index is 12.5. The predicted molar refractivity (Wildman–Crippen MR) is 139 cm³/mol. The van der Waals surface area contributed by atoms with Gasteiger partial charge in [-0.15, -0.1) is 11.3 Å². The minimum Gasteiger partial charge on any atom is -0.493 e. The number of thiophene rings is 1. The fourth-order valence-electron chi connectivity index (χ4n) is 3.51. The third kappa shape index (κ3) is 6.17. The Kier molecular flexibility index (Phi) is 9.21. The molecule has 0 saturated carbocycles. The molecule has 1 amide bonds. The number of nitrogens with zero attached hydrogens (tertiary/aromatic N) is 4. The van der Waals surface area contributed by atoms with Gasteiger partial charge in [-0.25, -0.2) is 9.97 Å². The molecule has 35 heavy (non-hydrogen) atoms. The number of benzene rings is 1. The number of carbonyl (C=O) groups is 1. The molecular weight excluding hydrogens is 468 g/mol. The van der Waals surface area contributed by atoms with Gasteiger partial charge in [-0.3, -0.25) is 4.79 Å². The first-order valence-corrected chi connectivity index (χ1v) is 12.3. The number of likely N-dealkylation sites (N-methyl/N-ethyl adjacent to an activating group) is 1. The number of methoxy groups -OCH3 is 2.